The SMILES string of the molecule is Nc1c(C(=O)Nc2c(F)cccc2Cl)n[nH]c1C1CC1. The van der Waals surface area contributed by atoms with E-state index in [-0.39, 0.29) is 16.4 Å². The molecule has 104 valence electrons. The van der Waals surface area contributed by atoms with E-state index in [1.807, 2.05) is 0 Å². The Labute approximate surface area is 119 Å². The van der Waals surface area contributed by atoms with Crippen molar-refractivity contribution in [3.63, 3.8) is 0 Å². The van der Waals surface area contributed by atoms with Crippen LogP contribution >= 0.6 is 11.6 Å². The second-order valence-corrected chi connectivity index (χ2v) is 5.13. The van der Waals surface area contributed by atoms with Crippen LogP contribution in [0.5, 0.6) is 0 Å². The lowest BCUT2D eigenvalue weighted by molar-refractivity contribution is 0.102. The fraction of sp³-hybridized carbons (Fsp3) is 0.231. The van der Waals surface area contributed by atoms with Crippen molar-refractivity contribution in [3.05, 3.63) is 40.4 Å². The predicted octanol–water partition coefficient (Wildman–Crippen LogP) is 2.91. The lowest BCUT2D eigenvalue weighted by atomic mass is 10.2. The molecule has 1 aliphatic carbocycles. The van der Waals surface area contributed by atoms with Crippen LogP contribution in [-0.2, 0) is 0 Å². The Kier molecular flexibility index (Phi) is 3.10. The summed E-state index contributed by atoms with van der Waals surface area (Å²) >= 11 is 5.85. The van der Waals surface area contributed by atoms with Crippen LogP contribution in [0.3, 0.4) is 0 Å². The number of halogens is 2. The van der Waals surface area contributed by atoms with E-state index in [2.05, 4.69) is 15.5 Å². The first-order chi connectivity index (χ1) is 9.58. The number of aromatic nitrogens is 2. The predicted molar refractivity (Wildman–Crippen MR) is 74.3 cm³/mol. The number of anilines is 2. The summed E-state index contributed by atoms with van der Waals surface area (Å²) in [5.41, 5.74) is 6.97. The standard InChI is InChI=1S/C13H12ClFN4O/c14-7-2-1-3-8(15)11(7)17-13(20)12-9(16)10(18-19-12)6-4-5-6/h1-3,6H,4-5,16H2,(H,17,20)(H,18,19). The number of nitrogens with one attached hydrogen (secondary N) is 2. The van der Waals surface area contributed by atoms with E-state index in [0.717, 1.165) is 18.5 Å². The van der Waals surface area contributed by atoms with E-state index in [9.17, 15) is 9.18 Å². The molecular formula is C13H12ClFN4O. The van der Waals surface area contributed by atoms with E-state index in [1.54, 1.807) is 0 Å². The van der Waals surface area contributed by atoms with Gasteiger partial charge in [-0.1, -0.05) is 17.7 Å². The number of amides is 1. The highest BCUT2D eigenvalue weighted by Gasteiger charge is 2.30. The second kappa shape index (κ2) is 4.79. The molecule has 0 radical (unpaired) electrons. The van der Waals surface area contributed by atoms with Gasteiger partial charge >= 0.3 is 0 Å². The molecule has 1 amide bonds. The molecule has 0 bridgehead atoms. The van der Waals surface area contributed by atoms with Crippen LogP contribution < -0.4 is 11.1 Å². The Morgan fingerprint density at radius 3 is 2.90 bits per heavy atom. The molecule has 1 saturated carbocycles. The summed E-state index contributed by atoms with van der Waals surface area (Å²) in [6.45, 7) is 0. The van der Waals surface area contributed by atoms with Crippen molar-refractivity contribution in [2.45, 2.75) is 18.8 Å². The van der Waals surface area contributed by atoms with Gasteiger partial charge in [0.05, 0.1) is 22.1 Å². The summed E-state index contributed by atoms with van der Waals surface area (Å²) in [5.74, 6) is -0.846. The van der Waals surface area contributed by atoms with E-state index >= 15 is 0 Å². The molecule has 3 rings (SSSR count). The Bertz CT molecular complexity index is 661. The van der Waals surface area contributed by atoms with Gasteiger partial charge in [-0.3, -0.25) is 9.89 Å². The summed E-state index contributed by atoms with van der Waals surface area (Å²) in [6.07, 6.45) is 2.07. The van der Waals surface area contributed by atoms with Crippen LogP contribution in [0, 0.1) is 5.82 Å². The fourth-order valence-corrected chi connectivity index (χ4v) is 2.22. The zero-order valence-corrected chi connectivity index (χ0v) is 11.2. The maximum Gasteiger partial charge on any atom is 0.278 e. The number of para-hydroxylation sites is 1. The average molecular weight is 295 g/mol. The summed E-state index contributed by atoms with van der Waals surface area (Å²) < 4.78 is 13.6. The molecule has 1 aromatic carbocycles. The van der Waals surface area contributed by atoms with E-state index in [4.69, 9.17) is 17.3 Å². The van der Waals surface area contributed by atoms with Gasteiger partial charge in [-0.2, -0.15) is 5.10 Å². The van der Waals surface area contributed by atoms with Crippen LogP contribution in [0.15, 0.2) is 18.2 Å². The van der Waals surface area contributed by atoms with E-state index < -0.39 is 11.7 Å². The van der Waals surface area contributed by atoms with Gasteiger partial charge in [0.2, 0.25) is 0 Å². The number of benzene rings is 1. The van der Waals surface area contributed by atoms with Crippen LogP contribution in [0.4, 0.5) is 15.8 Å². The maximum atomic E-state index is 13.6. The minimum Gasteiger partial charge on any atom is -0.395 e. The van der Waals surface area contributed by atoms with Gasteiger partial charge in [0.25, 0.3) is 5.91 Å². The number of aromatic amines is 1. The van der Waals surface area contributed by atoms with Gasteiger partial charge in [-0.15, -0.1) is 0 Å². The number of nitrogens with zero attached hydrogens (tertiary/aromatic N) is 1. The Balaban J connectivity index is 1.86. The summed E-state index contributed by atoms with van der Waals surface area (Å²) in [7, 11) is 0. The molecule has 1 aliphatic rings. The van der Waals surface area contributed by atoms with Crippen molar-refractivity contribution in [2.75, 3.05) is 11.1 Å². The molecule has 0 aliphatic heterocycles. The van der Waals surface area contributed by atoms with Crippen LogP contribution in [0.25, 0.3) is 0 Å². The molecule has 2 aromatic rings. The summed E-state index contributed by atoms with van der Waals surface area (Å²) in [5, 5.41) is 9.19. The molecule has 1 aromatic heterocycles. The van der Waals surface area contributed by atoms with E-state index in [1.165, 1.54) is 18.2 Å². The summed E-state index contributed by atoms with van der Waals surface area (Å²) in [4.78, 5) is 12.1. The number of nitrogen functional groups attached to an aromatic ring is 1. The molecule has 1 heterocycles. The number of carbonyl (C=O) groups is 1. The van der Waals surface area contributed by atoms with Gasteiger partial charge in [0, 0.05) is 5.92 Å². The third kappa shape index (κ3) is 2.22. The van der Waals surface area contributed by atoms with Gasteiger partial charge in [0.1, 0.15) is 5.82 Å². The smallest absolute Gasteiger partial charge is 0.278 e. The second-order valence-electron chi connectivity index (χ2n) is 4.72. The van der Waals surface area contributed by atoms with Crippen molar-refractivity contribution >= 4 is 28.9 Å². The van der Waals surface area contributed by atoms with Crippen molar-refractivity contribution in [1.29, 1.82) is 0 Å². The van der Waals surface area contributed by atoms with Gasteiger partial charge in [-0.05, 0) is 25.0 Å². The number of carbonyl (C=O) groups excluding carboxylic acids is 1. The average Bonchev–Trinajstić information content (AvgIpc) is 3.17. The zero-order valence-electron chi connectivity index (χ0n) is 10.4. The topological polar surface area (TPSA) is 83.8 Å². The zero-order chi connectivity index (χ0) is 14.3. The van der Waals surface area contributed by atoms with Crippen molar-refractivity contribution in [1.82, 2.24) is 10.2 Å². The number of nitrogens with two attached hydrogens (primary N) is 1. The van der Waals surface area contributed by atoms with Crippen molar-refractivity contribution < 1.29 is 9.18 Å². The molecule has 4 N–H and O–H groups in total. The first-order valence-corrected chi connectivity index (χ1v) is 6.55. The molecule has 0 atom stereocenters. The first kappa shape index (κ1) is 12.9. The highest BCUT2D eigenvalue weighted by Crippen LogP contribution is 2.42. The lowest BCUT2D eigenvalue weighted by Crippen LogP contribution is -2.15. The minimum absolute atomic E-state index is 0.0613. The normalized spacial score (nSPS) is 14.3. The minimum atomic E-state index is -0.609. The molecule has 5 nitrogen and oxygen atoms in total. The summed E-state index contributed by atoms with van der Waals surface area (Å²) in [6, 6.07) is 4.16. The largest absolute Gasteiger partial charge is 0.395 e. The molecule has 20 heavy (non-hydrogen) atoms. The molecule has 1 fully saturated rings. The van der Waals surface area contributed by atoms with Crippen molar-refractivity contribution in [2.24, 2.45) is 0 Å². The monoisotopic (exact) mass is 294 g/mol. The molecule has 0 saturated heterocycles. The fourth-order valence-electron chi connectivity index (χ4n) is 2.01. The molecule has 0 unspecified atom stereocenters. The number of hydrogen-bond acceptors (Lipinski definition) is 3. The molecule has 0 spiro atoms. The third-order valence-electron chi connectivity index (χ3n) is 3.24. The van der Waals surface area contributed by atoms with Crippen LogP contribution in [-0.4, -0.2) is 16.1 Å². The number of hydrogen-bond donors (Lipinski definition) is 3. The van der Waals surface area contributed by atoms with Crippen LogP contribution in [0.2, 0.25) is 5.02 Å². The first-order valence-electron chi connectivity index (χ1n) is 6.17. The quantitative estimate of drug-likeness (QED) is 0.814. The van der Waals surface area contributed by atoms with Gasteiger partial charge in [-0.25, -0.2) is 4.39 Å². The Morgan fingerprint density at radius 1 is 1.50 bits per heavy atom. The lowest BCUT2D eigenvalue weighted by Gasteiger charge is -2.07. The number of H-pyrrole nitrogens is 1. The van der Waals surface area contributed by atoms with Gasteiger partial charge in [0.15, 0.2) is 5.69 Å². The third-order valence-corrected chi connectivity index (χ3v) is 3.55. The Morgan fingerprint density at radius 2 is 2.25 bits per heavy atom. The maximum absolute atomic E-state index is 13.6. The number of rotatable bonds is 3. The highest BCUT2D eigenvalue weighted by atomic mass is 35.5. The highest BCUT2D eigenvalue weighted by molar-refractivity contribution is 6.34. The van der Waals surface area contributed by atoms with Crippen LogP contribution in [0.1, 0.15) is 34.9 Å². The van der Waals surface area contributed by atoms with Crippen molar-refractivity contribution in [3.8, 4) is 0 Å². The molecule has 7 heteroatoms. The van der Waals surface area contributed by atoms with E-state index in [0.29, 0.717) is 11.6 Å². The molecular weight excluding hydrogens is 283 g/mol. The van der Waals surface area contributed by atoms with Gasteiger partial charge < -0.3 is 11.1 Å². The Hall–Kier alpha value is -2.08.